The summed E-state index contributed by atoms with van der Waals surface area (Å²) in [6.07, 6.45) is 8.05. The summed E-state index contributed by atoms with van der Waals surface area (Å²) >= 11 is 0. The van der Waals surface area contributed by atoms with Crippen molar-refractivity contribution in [3.8, 4) is 0 Å². The normalized spacial score (nSPS) is 27.8. The third-order valence-electron chi connectivity index (χ3n) is 2.87. The van der Waals surface area contributed by atoms with Crippen LogP contribution >= 0.6 is 0 Å². The highest BCUT2D eigenvalue weighted by Gasteiger charge is 2.18. The van der Waals surface area contributed by atoms with E-state index in [0.29, 0.717) is 6.04 Å². The van der Waals surface area contributed by atoms with Crippen LogP contribution in [-0.4, -0.2) is 24.0 Å². The Kier molecular flexibility index (Phi) is 2.66. The summed E-state index contributed by atoms with van der Waals surface area (Å²) in [4.78, 5) is 2.37. The van der Waals surface area contributed by atoms with Gasteiger partial charge in [0.15, 0.2) is 0 Å². The zero-order valence-corrected chi connectivity index (χ0v) is 8.79. The zero-order chi connectivity index (χ0) is 9.97. The molecule has 2 aliphatic heterocycles. The van der Waals surface area contributed by atoms with Gasteiger partial charge in [0.05, 0.1) is 5.70 Å². The van der Waals surface area contributed by atoms with Crippen LogP contribution in [0.25, 0.3) is 0 Å². The Morgan fingerprint density at radius 2 is 2.07 bits per heavy atom. The van der Waals surface area contributed by atoms with Crippen LogP contribution in [-0.2, 0) is 0 Å². The molecule has 0 aliphatic carbocycles. The largest absolute Gasteiger partial charge is 0.396 e. The van der Waals surface area contributed by atoms with Gasteiger partial charge in [0.25, 0.3) is 0 Å². The molecule has 3 heteroatoms. The summed E-state index contributed by atoms with van der Waals surface area (Å²) in [6.45, 7) is 4.43. The number of piperidine rings is 1. The summed E-state index contributed by atoms with van der Waals surface area (Å²) < 4.78 is 0. The van der Waals surface area contributed by atoms with Crippen LogP contribution in [0.4, 0.5) is 0 Å². The highest BCUT2D eigenvalue weighted by atomic mass is 15.3. The molecule has 2 heterocycles. The number of nitrogens with zero attached hydrogens (tertiary/aromatic N) is 1. The molecule has 0 spiro atoms. The molecule has 2 aliphatic rings. The number of hydrogen-bond acceptors (Lipinski definition) is 3. The van der Waals surface area contributed by atoms with E-state index in [0.717, 1.165) is 24.6 Å². The quantitative estimate of drug-likeness (QED) is 0.656. The van der Waals surface area contributed by atoms with Gasteiger partial charge in [0.2, 0.25) is 0 Å². The molecule has 1 fully saturated rings. The number of nitrogens with two attached hydrogens (primary N) is 1. The van der Waals surface area contributed by atoms with Crippen molar-refractivity contribution in [3.63, 3.8) is 0 Å². The van der Waals surface area contributed by atoms with Gasteiger partial charge < -0.3 is 16.0 Å². The van der Waals surface area contributed by atoms with Gasteiger partial charge in [0, 0.05) is 19.1 Å². The van der Waals surface area contributed by atoms with E-state index in [1.165, 1.54) is 19.3 Å². The molecule has 0 aromatic heterocycles. The summed E-state index contributed by atoms with van der Waals surface area (Å²) in [5, 5.41) is 3.43. The highest BCUT2D eigenvalue weighted by Crippen LogP contribution is 2.17. The molecule has 3 nitrogen and oxygen atoms in total. The highest BCUT2D eigenvalue weighted by molar-refractivity contribution is 5.27. The monoisotopic (exact) mass is 193 g/mol. The van der Waals surface area contributed by atoms with Crippen LogP contribution < -0.4 is 11.1 Å². The maximum absolute atomic E-state index is 5.96. The molecule has 0 bridgehead atoms. The van der Waals surface area contributed by atoms with Gasteiger partial charge in [-0.15, -0.1) is 0 Å². The molecule has 0 radical (unpaired) electrons. The second-order valence-electron chi connectivity index (χ2n) is 4.14. The summed E-state index contributed by atoms with van der Waals surface area (Å²) in [6, 6.07) is 0.402. The lowest BCUT2D eigenvalue weighted by Gasteiger charge is -2.34. The number of hydrogen-bond donors (Lipinski definition) is 2. The lowest BCUT2D eigenvalue weighted by molar-refractivity contribution is 0.261. The van der Waals surface area contributed by atoms with Gasteiger partial charge in [-0.1, -0.05) is 6.08 Å². The minimum atomic E-state index is 0.402. The number of nitrogens with one attached hydrogen (secondary N) is 1. The van der Waals surface area contributed by atoms with Crippen LogP contribution in [0.1, 0.15) is 26.2 Å². The lowest BCUT2D eigenvalue weighted by atomic mass is 10.1. The number of allylic oxidation sites excluding steroid dienone is 1. The van der Waals surface area contributed by atoms with Crippen molar-refractivity contribution in [3.05, 3.63) is 23.7 Å². The van der Waals surface area contributed by atoms with E-state index in [1.807, 2.05) is 6.08 Å². The molecule has 14 heavy (non-hydrogen) atoms. The molecule has 1 saturated heterocycles. The Morgan fingerprint density at radius 3 is 2.79 bits per heavy atom. The first-order valence-electron chi connectivity index (χ1n) is 5.47. The average molecular weight is 193 g/mol. The Morgan fingerprint density at radius 1 is 1.36 bits per heavy atom. The fraction of sp³-hybridized carbons (Fsp3) is 0.636. The van der Waals surface area contributed by atoms with Crippen molar-refractivity contribution in [2.24, 2.45) is 5.73 Å². The summed E-state index contributed by atoms with van der Waals surface area (Å²) in [5.41, 5.74) is 6.84. The van der Waals surface area contributed by atoms with Gasteiger partial charge >= 0.3 is 0 Å². The molecule has 1 unspecified atom stereocenters. The van der Waals surface area contributed by atoms with Crippen LogP contribution in [0.15, 0.2) is 23.7 Å². The zero-order valence-electron chi connectivity index (χ0n) is 8.79. The first-order chi connectivity index (χ1) is 6.77. The van der Waals surface area contributed by atoms with Gasteiger partial charge in [-0.3, -0.25) is 0 Å². The molecule has 0 amide bonds. The Labute approximate surface area is 85.6 Å². The van der Waals surface area contributed by atoms with Gasteiger partial charge in [0.1, 0.15) is 5.82 Å². The van der Waals surface area contributed by atoms with Crippen LogP contribution in [0.3, 0.4) is 0 Å². The minimum Gasteiger partial charge on any atom is -0.396 e. The fourth-order valence-corrected chi connectivity index (χ4v) is 2.07. The molecule has 0 aromatic carbocycles. The average Bonchev–Trinajstić information content (AvgIpc) is 2.23. The first-order valence-corrected chi connectivity index (χ1v) is 5.47. The van der Waals surface area contributed by atoms with Crippen LogP contribution in [0.2, 0.25) is 0 Å². The second-order valence-corrected chi connectivity index (χ2v) is 4.14. The maximum Gasteiger partial charge on any atom is 0.125 e. The van der Waals surface area contributed by atoms with E-state index in [1.54, 1.807) is 0 Å². The van der Waals surface area contributed by atoms with E-state index in [9.17, 15) is 0 Å². The number of likely N-dealkylation sites (tertiary alicyclic amines) is 1. The lowest BCUT2D eigenvalue weighted by Crippen LogP contribution is -2.42. The Hall–Kier alpha value is -1.12. The predicted molar refractivity (Wildman–Crippen MR) is 58.4 cm³/mol. The standard InChI is InChI=1S/C11H19N3/c1-9-5-6-10(12)11(13-9)14-7-3-2-4-8-14/h5-6,9,13H,2-4,7-8,12H2,1H3. The maximum atomic E-state index is 5.96. The predicted octanol–water partition coefficient (Wildman–Crippen LogP) is 1.15. The van der Waals surface area contributed by atoms with Gasteiger partial charge in [-0.2, -0.15) is 0 Å². The second kappa shape index (κ2) is 3.95. The fourth-order valence-electron chi connectivity index (χ4n) is 2.07. The minimum absolute atomic E-state index is 0.402. The van der Waals surface area contributed by atoms with Crippen molar-refractivity contribution in [2.75, 3.05) is 13.1 Å². The van der Waals surface area contributed by atoms with Crippen LogP contribution in [0, 0.1) is 0 Å². The molecule has 3 N–H and O–H groups in total. The molecule has 0 saturated carbocycles. The van der Waals surface area contributed by atoms with Crippen molar-refractivity contribution in [2.45, 2.75) is 32.2 Å². The molecule has 2 rings (SSSR count). The third-order valence-corrected chi connectivity index (χ3v) is 2.87. The van der Waals surface area contributed by atoms with E-state index >= 15 is 0 Å². The number of dihydropyridines is 1. The Bertz CT molecular complexity index is 262. The number of rotatable bonds is 1. The summed E-state index contributed by atoms with van der Waals surface area (Å²) in [5.74, 6) is 1.14. The van der Waals surface area contributed by atoms with Gasteiger partial charge in [-0.25, -0.2) is 0 Å². The van der Waals surface area contributed by atoms with E-state index in [2.05, 4.69) is 23.2 Å². The SMILES string of the molecule is CC1C=CC(N)=C(N2CCCCC2)N1. The third kappa shape index (κ3) is 1.86. The Balaban J connectivity index is 2.10. The topological polar surface area (TPSA) is 41.3 Å². The molecular weight excluding hydrogens is 174 g/mol. The van der Waals surface area contributed by atoms with Crippen molar-refractivity contribution < 1.29 is 0 Å². The molecule has 78 valence electrons. The van der Waals surface area contributed by atoms with Crippen molar-refractivity contribution >= 4 is 0 Å². The van der Waals surface area contributed by atoms with Gasteiger partial charge in [-0.05, 0) is 32.3 Å². The molecule has 1 atom stereocenters. The van der Waals surface area contributed by atoms with E-state index < -0.39 is 0 Å². The van der Waals surface area contributed by atoms with Crippen molar-refractivity contribution in [1.29, 1.82) is 0 Å². The molecule has 0 aromatic rings. The van der Waals surface area contributed by atoms with Crippen LogP contribution in [0.5, 0.6) is 0 Å². The van der Waals surface area contributed by atoms with Crippen molar-refractivity contribution in [1.82, 2.24) is 10.2 Å². The molecular formula is C11H19N3. The summed E-state index contributed by atoms with van der Waals surface area (Å²) in [7, 11) is 0. The first kappa shape index (κ1) is 9.44. The van der Waals surface area contributed by atoms with E-state index in [4.69, 9.17) is 5.73 Å². The van der Waals surface area contributed by atoms with E-state index in [-0.39, 0.29) is 0 Å². The smallest absolute Gasteiger partial charge is 0.125 e.